The average Bonchev–Trinajstić information content (AvgIpc) is 2.68. The summed E-state index contributed by atoms with van der Waals surface area (Å²) in [5, 5.41) is 10.6. The highest BCUT2D eigenvalue weighted by atomic mass is 16.4. The minimum Gasteiger partial charge on any atom is -0.419 e. The van der Waals surface area contributed by atoms with Crippen LogP contribution in [0.25, 0.3) is 11.5 Å². The molecule has 0 spiro atoms. The molecule has 6 heteroatoms. The summed E-state index contributed by atoms with van der Waals surface area (Å²) in [7, 11) is 1.81. The predicted molar refractivity (Wildman–Crippen MR) is 48.1 cm³/mol. The van der Waals surface area contributed by atoms with Crippen LogP contribution < -0.4 is 5.32 Å². The Bertz CT molecular complexity index is 399. The quantitative estimate of drug-likeness (QED) is 0.749. The van der Waals surface area contributed by atoms with Crippen LogP contribution in [0.3, 0.4) is 0 Å². The van der Waals surface area contributed by atoms with Crippen molar-refractivity contribution in [2.75, 3.05) is 7.05 Å². The van der Waals surface area contributed by atoms with Crippen LogP contribution in [-0.4, -0.2) is 27.2 Å². The van der Waals surface area contributed by atoms with E-state index in [1.54, 1.807) is 12.4 Å². The fourth-order valence-corrected chi connectivity index (χ4v) is 1.00. The SMILES string of the molecule is CNCc1nnc(-c2cncnc2)o1. The van der Waals surface area contributed by atoms with Crippen molar-refractivity contribution in [2.45, 2.75) is 6.54 Å². The number of rotatable bonds is 3. The fourth-order valence-electron chi connectivity index (χ4n) is 1.00. The second kappa shape index (κ2) is 3.93. The van der Waals surface area contributed by atoms with Crippen LogP contribution in [0.4, 0.5) is 0 Å². The van der Waals surface area contributed by atoms with Gasteiger partial charge in [-0.05, 0) is 7.05 Å². The van der Waals surface area contributed by atoms with Crippen LogP contribution in [0.2, 0.25) is 0 Å². The summed E-state index contributed by atoms with van der Waals surface area (Å²) in [6, 6.07) is 0. The Hall–Kier alpha value is -1.82. The Morgan fingerprint density at radius 3 is 2.79 bits per heavy atom. The molecule has 0 aromatic carbocycles. The first-order valence-corrected chi connectivity index (χ1v) is 4.12. The number of nitrogens with zero attached hydrogens (tertiary/aromatic N) is 4. The van der Waals surface area contributed by atoms with Crippen molar-refractivity contribution >= 4 is 0 Å². The molecule has 0 saturated carbocycles. The van der Waals surface area contributed by atoms with E-state index in [1.165, 1.54) is 6.33 Å². The summed E-state index contributed by atoms with van der Waals surface area (Å²) >= 11 is 0. The lowest BCUT2D eigenvalue weighted by atomic mass is 10.3. The average molecular weight is 191 g/mol. The summed E-state index contributed by atoms with van der Waals surface area (Å²) in [5.41, 5.74) is 0.724. The lowest BCUT2D eigenvalue weighted by molar-refractivity contribution is 0.490. The molecule has 0 saturated heterocycles. The van der Waals surface area contributed by atoms with Gasteiger partial charge in [-0.15, -0.1) is 10.2 Å². The zero-order chi connectivity index (χ0) is 9.80. The van der Waals surface area contributed by atoms with Crippen molar-refractivity contribution < 1.29 is 4.42 Å². The predicted octanol–water partition coefficient (Wildman–Crippen LogP) is 0.246. The van der Waals surface area contributed by atoms with E-state index in [1.807, 2.05) is 7.05 Å². The largest absolute Gasteiger partial charge is 0.419 e. The van der Waals surface area contributed by atoms with Crippen molar-refractivity contribution in [3.8, 4) is 11.5 Å². The van der Waals surface area contributed by atoms with Gasteiger partial charge in [0.1, 0.15) is 6.33 Å². The number of nitrogens with one attached hydrogen (secondary N) is 1. The molecule has 0 aliphatic heterocycles. The topological polar surface area (TPSA) is 76.7 Å². The molecular weight excluding hydrogens is 182 g/mol. The van der Waals surface area contributed by atoms with Crippen LogP contribution in [-0.2, 0) is 6.54 Å². The van der Waals surface area contributed by atoms with Crippen molar-refractivity contribution in [3.63, 3.8) is 0 Å². The fraction of sp³-hybridized carbons (Fsp3) is 0.250. The van der Waals surface area contributed by atoms with E-state index in [-0.39, 0.29) is 0 Å². The molecule has 0 aliphatic rings. The summed E-state index contributed by atoms with van der Waals surface area (Å²) in [6.07, 6.45) is 4.71. The maximum absolute atomic E-state index is 5.35. The molecule has 6 nitrogen and oxygen atoms in total. The molecule has 0 atom stereocenters. The van der Waals surface area contributed by atoms with Gasteiger partial charge in [0.15, 0.2) is 0 Å². The minimum absolute atomic E-state index is 0.441. The monoisotopic (exact) mass is 191 g/mol. The van der Waals surface area contributed by atoms with E-state index >= 15 is 0 Å². The molecule has 0 unspecified atom stereocenters. The van der Waals surface area contributed by atoms with Gasteiger partial charge in [0, 0.05) is 12.4 Å². The number of hydrogen-bond acceptors (Lipinski definition) is 6. The van der Waals surface area contributed by atoms with Crippen molar-refractivity contribution in [1.82, 2.24) is 25.5 Å². The first-order chi connectivity index (χ1) is 6.90. The maximum atomic E-state index is 5.35. The van der Waals surface area contributed by atoms with E-state index < -0.39 is 0 Å². The smallest absolute Gasteiger partial charge is 0.250 e. The molecule has 0 amide bonds. The van der Waals surface area contributed by atoms with Gasteiger partial charge >= 0.3 is 0 Å². The van der Waals surface area contributed by atoms with Crippen molar-refractivity contribution in [3.05, 3.63) is 24.6 Å². The third-order valence-corrected chi connectivity index (χ3v) is 1.60. The van der Waals surface area contributed by atoms with Gasteiger partial charge in [0.2, 0.25) is 5.89 Å². The molecule has 2 rings (SSSR count). The Kier molecular flexibility index (Phi) is 2.46. The van der Waals surface area contributed by atoms with Gasteiger partial charge in [-0.1, -0.05) is 0 Å². The molecular formula is C8H9N5O. The van der Waals surface area contributed by atoms with Crippen LogP contribution in [0.1, 0.15) is 5.89 Å². The second-order valence-electron chi connectivity index (χ2n) is 2.66. The maximum Gasteiger partial charge on any atom is 0.250 e. The summed E-state index contributed by atoms with van der Waals surface area (Å²) in [4.78, 5) is 7.72. The van der Waals surface area contributed by atoms with Crippen LogP contribution in [0.5, 0.6) is 0 Å². The first kappa shape index (κ1) is 8.76. The molecule has 1 N–H and O–H groups in total. The van der Waals surface area contributed by atoms with E-state index in [2.05, 4.69) is 25.5 Å². The Balaban J connectivity index is 2.25. The Morgan fingerprint density at radius 2 is 2.07 bits per heavy atom. The molecule has 2 heterocycles. The molecule has 0 radical (unpaired) electrons. The first-order valence-electron chi connectivity index (χ1n) is 4.12. The van der Waals surface area contributed by atoms with Gasteiger partial charge in [0.05, 0.1) is 12.1 Å². The van der Waals surface area contributed by atoms with Gasteiger partial charge in [0.25, 0.3) is 5.89 Å². The Labute approximate surface area is 80.4 Å². The van der Waals surface area contributed by atoms with Crippen LogP contribution in [0, 0.1) is 0 Å². The lowest BCUT2D eigenvalue weighted by Crippen LogP contribution is -2.04. The number of hydrogen-bond donors (Lipinski definition) is 1. The standard InChI is InChI=1S/C8H9N5O/c1-9-4-7-12-13-8(14-7)6-2-10-5-11-3-6/h2-3,5,9H,4H2,1H3. The summed E-state index contributed by atoms with van der Waals surface area (Å²) in [5.74, 6) is 0.988. The zero-order valence-corrected chi connectivity index (χ0v) is 7.64. The third kappa shape index (κ3) is 1.74. The highest BCUT2D eigenvalue weighted by Crippen LogP contribution is 2.14. The van der Waals surface area contributed by atoms with Gasteiger partial charge in [-0.25, -0.2) is 9.97 Å². The van der Waals surface area contributed by atoms with E-state index in [0.29, 0.717) is 18.3 Å². The molecule has 2 aromatic rings. The second-order valence-corrected chi connectivity index (χ2v) is 2.66. The summed E-state index contributed by atoms with van der Waals surface area (Å²) < 4.78 is 5.35. The third-order valence-electron chi connectivity index (χ3n) is 1.60. The molecule has 0 bridgehead atoms. The summed E-state index contributed by atoms with van der Waals surface area (Å²) in [6.45, 7) is 0.556. The van der Waals surface area contributed by atoms with Gasteiger partial charge < -0.3 is 9.73 Å². The van der Waals surface area contributed by atoms with Gasteiger partial charge in [-0.3, -0.25) is 0 Å². The van der Waals surface area contributed by atoms with E-state index in [0.717, 1.165) is 5.56 Å². The van der Waals surface area contributed by atoms with Gasteiger partial charge in [-0.2, -0.15) is 0 Å². The zero-order valence-electron chi connectivity index (χ0n) is 7.64. The molecule has 0 aliphatic carbocycles. The molecule has 14 heavy (non-hydrogen) atoms. The molecule has 0 fully saturated rings. The van der Waals surface area contributed by atoms with Crippen molar-refractivity contribution in [2.24, 2.45) is 0 Å². The van der Waals surface area contributed by atoms with E-state index in [9.17, 15) is 0 Å². The van der Waals surface area contributed by atoms with Crippen LogP contribution in [0.15, 0.2) is 23.1 Å². The van der Waals surface area contributed by atoms with E-state index in [4.69, 9.17) is 4.42 Å². The Morgan fingerprint density at radius 1 is 1.29 bits per heavy atom. The minimum atomic E-state index is 0.441. The molecule has 2 aromatic heterocycles. The normalized spacial score (nSPS) is 10.4. The number of aromatic nitrogens is 4. The highest BCUT2D eigenvalue weighted by molar-refractivity contribution is 5.48. The lowest BCUT2D eigenvalue weighted by Gasteiger charge is -1.91. The van der Waals surface area contributed by atoms with Crippen molar-refractivity contribution in [1.29, 1.82) is 0 Å². The highest BCUT2D eigenvalue weighted by Gasteiger charge is 2.07. The molecule has 72 valence electrons. The van der Waals surface area contributed by atoms with Crippen LogP contribution >= 0.6 is 0 Å².